The van der Waals surface area contributed by atoms with E-state index in [1.807, 2.05) is 18.2 Å². The fourth-order valence-corrected chi connectivity index (χ4v) is 4.70. The van der Waals surface area contributed by atoms with Crippen molar-refractivity contribution in [1.82, 2.24) is 4.90 Å². The van der Waals surface area contributed by atoms with Gasteiger partial charge in [0.15, 0.2) is 23.0 Å². The maximum Gasteiger partial charge on any atom is 0.231 e. The fraction of sp³-hybridized carbons (Fsp3) is 0.462. The summed E-state index contributed by atoms with van der Waals surface area (Å²) >= 11 is 0. The Balaban J connectivity index is 1.88. The number of aliphatic hydroxyl groups excluding tert-OH is 1. The lowest BCUT2D eigenvalue weighted by atomic mass is 9.76. The van der Waals surface area contributed by atoms with Crippen LogP contribution in [0.2, 0.25) is 0 Å². The van der Waals surface area contributed by atoms with Gasteiger partial charge in [0.05, 0.1) is 20.3 Å². The number of nitrogens with zero attached hydrogens (tertiary/aromatic N) is 1. The van der Waals surface area contributed by atoms with Crippen molar-refractivity contribution in [2.45, 2.75) is 32.3 Å². The molecule has 2 aliphatic rings. The first-order valence-corrected chi connectivity index (χ1v) is 11.2. The molecule has 32 heavy (non-hydrogen) atoms. The van der Waals surface area contributed by atoms with E-state index < -0.39 is 6.10 Å². The lowest BCUT2D eigenvalue weighted by Crippen LogP contribution is -2.20. The summed E-state index contributed by atoms with van der Waals surface area (Å²) in [5.74, 6) is 2.91. The zero-order valence-corrected chi connectivity index (χ0v) is 19.6. The van der Waals surface area contributed by atoms with E-state index in [0.29, 0.717) is 11.5 Å². The van der Waals surface area contributed by atoms with Crippen LogP contribution in [0.25, 0.3) is 11.6 Å². The van der Waals surface area contributed by atoms with Gasteiger partial charge in [-0.25, -0.2) is 0 Å². The van der Waals surface area contributed by atoms with Crippen molar-refractivity contribution in [1.29, 1.82) is 0 Å². The lowest BCUT2D eigenvalue weighted by molar-refractivity contribution is 0.100. The van der Waals surface area contributed by atoms with Crippen LogP contribution in [0, 0.1) is 5.92 Å². The monoisotopic (exact) mass is 439 g/mol. The molecule has 2 aromatic carbocycles. The van der Waals surface area contributed by atoms with Gasteiger partial charge >= 0.3 is 0 Å². The number of aliphatic hydroxyl groups is 1. The minimum atomic E-state index is -0.605. The molecule has 1 aliphatic heterocycles. The maximum atomic E-state index is 11.2. The highest BCUT2D eigenvalue weighted by atomic mass is 16.7. The number of benzene rings is 2. The van der Waals surface area contributed by atoms with Crippen molar-refractivity contribution >= 4 is 11.6 Å². The molecular formula is C26H33NO5. The summed E-state index contributed by atoms with van der Waals surface area (Å²) in [4.78, 5) is 2.18. The van der Waals surface area contributed by atoms with Crippen molar-refractivity contribution < 1.29 is 24.1 Å². The highest BCUT2D eigenvalue weighted by Gasteiger charge is 2.34. The van der Waals surface area contributed by atoms with Gasteiger partial charge in [-0.3, -0.25) is 0 Å². The van der Waals surface area contributed by atoms with Crippen LogP contribution >= 0.6 is 0 Å². The van der Waals surface area contributed by atoms with E-state index in [0.717, 1.165) is 59.6 Å². The Morgan fingerprint density at radius 3 is 2.62 bits per heavy atom. The molecule has 6 nitrogen and oxygen atoms in total. The first-order chi connectivity index (χ1) is 15.5. The Bertz CT molecular complexity index is 1010. The molecule has 0 aromatic heterocycles. The molecule has 6 heteroatoms. The van der Waals surface area contributed by atoms with E-state index >= 15 is 0 Å². The summed E-state index contributed by atoms with van der Waals surface area (Å²) in [6.45, 7) is 3.29. The Kier molecular flexibility index (Phi) is 6.63. The fourth-order valence-electron chi connectivity index (χ4n) is 4.70. The average molecular weight is 440 g/mol. The van der Waals surface area contributed by atoms with Crippen LogP contribution in [0.15, 0.2) is 24.3 Å². The SMILES string of the molecule is CCC1CC(=Cc2c(CCN(C)C)ccc3c2OCO3)c2ccc(OC)c(OC)c2C1O. The van der Waals surface area contributed by atoms with Crippen molar-refractivity contribution in [3.05, 3.63) is 46.5 Å². The summed E-state index contributed by atoms with van der Waals surface area (Å²) in [5.41, 5.74) is 5.24. The van der Waals surface area contributed by atoms with Crippen LogP contribution in [-0.4, -0.2) is 51.7 Å². The van der Waals surface area contributed by atoms with Gasteiger partial charge in [0.25, 0.3) is 0 Å². The smallest absolute Gasteiger partial charge is 0.231 e. The maximum absolute atomic E-state index is 11.2. The molecule has 0 fully saturated rings. The Morgan fingerprint density at radius 2 is 1.94 bits per heavy atom. The number of likely N-dealkylation sites (N-methyl/N-ethyl adjacent to an activating group) is 1. The molecule has 1 N–H and O–H groups in total. The summed E-state index contributed by atoms with van der Waals surface area (Å²) < 4.78 is 22.8. The summed E-state index contributed by atoms with van der Waals surface area (Å²) in [6, 6.07) is 8.06. The zero-order chi connectivity index (χ0) is 22.8. The van der Waals surface area contributed by atoms with Gasteiger partial charge in [-0.15, -0.1) is 0 Å². The molecule has 0 amide bonds. The molecule has 2 aromatic rings. The topological polar surface area (TPSA) is 60.4 Å². The second-order valence-electron chi connectivity index (χ2n) is 8.67. The van der Waals surface area contributed by atoms with Gasteiger partial charge in [0.1, 0.15) is 0 Å². The van der Waals surface area contributed by atoms with Gasteiger partial charge < -0.3 is 29.0 Å². The van der Waals surface area contributed by atoms with E-state index in [4.69, 9.17) is 18.9 Å². The third kappa shape index (κ3) is 4.05. The molecule has 0 spiro atoms. The van der Waals surface area contributed by atoms with Crippen molar-refractivity contribution in [3.63, 3.8) is 0 Å². The van der Waals surface area contributed by atoms with Gasteiger partial charge in [-0.2, -0.15) is 0 Å². The third-order valence-corrected chi connectivity index (χ3v) is 6.49. The highest BCUT2D eigenvalue weighted by molar-refractivity contribution is 5.88. The molecule has 4 rings (SSSR count). The molecule has 0 saturated heterocycles. The van der Waals surface area contributed by atoms with Crippen molar-refractivity contribution in [2.75, 3.05) is 41.7 Å². The minimum absolute atomic E-state index is 0.0916. The zero-order valence-electron chi connectivity index (χ0n) is 19.6. The molecule has 1 heterocycles. The van der Waals surface area contributed by atoms with E-state index in [1.54, 1.807) is 14.2 Å². The lowest BCUT2D eigenvalue weighted by Gasteiger charge is -2.33. The number of ether oxygens (including phenoxy) is 4. The Labute approximate surface area is 190 Å². The number of fused-ring (bicyclic) bond motifs is 2. The van der Waals surface area contributed by atoms with E-state index in [-0.39, 0.29) is 12.7 Å². The van der Waals surface area contributed by atoms with Gasteiger partial charge in [0.2, 0.25) is 6.79 Å². The molecule has 2 atom stereocenters. The quantitative estimate of drug-likeness (QED) is 0.684. The molecule has 0 saturated carbocycles. The van der Waals surface area contributed by atoms with Crippen molar-refractivity contribution in [2.24, 2.45) is 5.92 Å². The predicted octanol–water partition coefficient (Wildman–Crippen LogP) is 4.54. The van der Waals surface area contributed by atoms with Crippen LogP contribution in [0.3, 0.4) is 0 Å². The highest BCUT2D eigenvalue weighted by Crippen LogP contribution is 2.50. The molecule has 0 radical (unpaired) electrons. The standard InChI is InChI=1S/C26H33NO5/c1-6-16-13-18(19-8-10-21(29-4)26(30-5)23(19)24(16)28)14-20-17(11-12-27(2)3)7-9-22-25(20)32-15-31-22/h7-10,14,16,24,28H,6,11-13,15H2,1-5H3. The molecule has 172 valence electrons. The largest absolute Gasteiger partial charge is 0.493 e. The van der Waals surface area contributed by atoms with Crippen LogP contribution in [0.4, 0.5) is 0 Å². The van der Waals surface area contributed by atoms with E-state index in [2.05, 4.69) is 38.1 Å². The Hall–Kier alpha value is -2.70. The van der Waals surface area contributed by atoms with E-state index in [1.165, 1.54) is 5.56 Å². The van der Waals surface area contributed by atoms with Crippen LogP contribution in [-0.2, 0) is 6.42 Å². The first-order valence-electron chi connectivity index (χ1n) is 11.2. The average Bonchev–Trinajstić information content (AvgIpc) is 3.28. The Morgan fingerprint density at radius 1 is 1.12 bits per heavy atom. The molecule has 1 aliphatic carbocycles. The number of hydrogen-bond donors (Lipinski definition) is 1. The number of allylic oxidation sites excluding steroid dienone is 1. The van der Waals surface area contributed by atoms with Gasteiger partial charge in [-0.05, 0) is 67.8 Å². The number of methoxy groups -OCH3 is 2. The second kappa shape index (κ2) is 9.43. The normalized spacial score (nSPS) is 20.5. The summed E-state index contributed by atoms with van der Waals surface area (Å²) in [7, 11) is 7.40. The number of hydrogen-bond acceptors (Lipinski definition) is 6. The van der Waals surface area contributed by atoms with Gasteiger partial charge in [-0.1, -0.05) is 25.5 Å². The third-order valence-electron chi connectivity index (χ3n) is 6.49. The molecule has 0 bridgehead atoms. The van der Waals surface area contributed by atoms with Crippen LogP contribution in [0.5, 0.6) is 23.0 Å². The minimum Gasteiger partial charge on any atom is -0.493 e. The second-order valence-corrected chi connectivity index (χ2v) is 8.67. The molecular weight excluding hydrogens is 406 g/mol. The van der Waals surface area contributed by atoms with Crippen LogP contribution in [0.1, 0.15) is 48.1 Å². The summed E-state index contributed by atoms with van der Waals surface area (Å²) in [5, 5.41) is 11.2. The molecule has 2 unspecified atom stereocenters. The van der Waals surface area contributed by atoms with Crippen LogP contribution < -0.4 is 18.9 Å². The van der Waals surface area contributed by atoms with E-state index in [9.17, 15) is 5.11 Å². The first kappa shape index (κ1) is 22.5. The number of rotatable bonds is 7. The summed E-state index contributed by atoms with van der Waals surface area (Å²) in [6.07, 6.45) is 4.15. The van der Waals surface area contributed by atoms with Gasteiger partial charge in [0, 0.05) is 17.7 Å². The predicted molar refractivity (Wildman–Crippen MR) is 126 cm³/mol. The van der Waals surface area contributed by atoms with Crippen molar-refractivity contribution in [3.8, 4) is 23.0 Å².